The van der Waals surface area contributed by atoms with Gasteiger partial charge in [-0.2, -0.15) is 0 Å². The lowest BCUT2D eigenvalue weighted by Crippen LogP contribution is -2.22. The van der Waals surface area contributed by atoms with Gasteiger partial charge in [0.05, 0.1) is 0 Å². The topological polar surface area (TPSA) is 0 Å². The van der Waals surface area contributed by atoms with E-state index < -0.39 is 8.07 Å². The van der Waals surface area contributed by atoms with Crippen LogP contribution >= 0.6 is 0 Å². The Bertz CT molecular complexity index is 222. The molecule has 0 amide bonds. The van der Waals surface area contributed by atoms with Crippen LogP contribution in [0.3, 0.4) is 0 Å². The summed E-state index contributed by atoms with van der Waals surface area (Å²) in [5.41, 5.74) is 0. The molecular weight excluding hydrogens is 292 g/mol. The van der Waals surface area contributed by atoms with E-state index in [2.05, 4.69) is 26.9 Å². The largest absolute Gasteiger partial charge is 0.0694 e. The van der Waals surface area contributed by atoms with Crippen LogP contribution in [0.5, 0.6) is 0 Å². The second-order valence-electron chi connectivity index (χ2n) is 8.57. The minimum Gasteiger partial charge on any atom is -0.0694 e. The lowest BCUT2D eigenvalue weighted by molar-refractivity contribution is 0.531. The Hall–Kier alpha value is 0.217. The van der Waals surface area contributed by atoms with Gasteiger partial charge in [-0.1, -0.05) is 142 Å². The third-order valence-electron chi connectivity index (χ3n) is 5.66. The van der Waals surface area contributed by atoms with Gasteiger partial charge in [-0.3, -0.25) is 0 Å². The van der Waals surface area contributed by atoms with Crippen LogP contribution in [0.2, 0.25) is 25.2 Å². The first kappa shape index (κ1) is 23.2. The van der Waals surface area contributed by atoms with Crippen molar-refractivity contribution in [1.29, 1.82) is 0 Å². The standard InChI is InChI=1S/C22H48Si/c1-5-7-8-9-10-11-12-13-14-15-16-17-18-19-20-21-22-23(3,4)6-2/h5-22H2,1-4H3. The molecule has 0 saturated carbocycles. The van der Waals surface area contributed by atoms with E-state index in [1.54, 1.807) is 6.04 Å². The Morgan fingerprint density at radius 1 is 0.435 bits per heavy atom. The van der Waals surface area contributed by atoms with Crippen molar-refractivity contribution in [3.05, 3.63) is 0 Å². The van der Waals surface area contributed by atoms with Crippen molar-refractivity contribution in [1.82, 2.24) is 0 Å². The van der Waals surface area contributed by atoms with Gasteiger partial charge >= 0.3 is 0 Å². The molecule has 0 unspecified atom stereocenters. The second-order valence-corrected chi connectivity index (χ2v) is 14.1. The first-order valence-corrected chi connectivity index (χ1v) is 14.5. The van der Waals surface area contributed by atoms with Gasteiger partial charge in [-0.15, -0.1) is 0 Å². The fourth-order valence-electron chi connectivity index (χ4n) is 3.33. The van der Waals surface area contributed by atoms with Gasteiger partial charge in [-0.25, -0.2) is 0 Å². The Morgan fingerprint density at radius 3 is 1.04 bits per heavy atom. The van der Waals surface area contributed by atoms with E-state index in [4.69, 9.17) is 0 Å². The molecule has 0 aromatic carbocycles. The first-order valence-electron chi connectivity index (χ1n) is 11.1. The third-order valence-corrected chi connectivity index (χ3v) is 9.29. The zero-order valence-electron chi connectivity index (χ0n) is 17.2. The molecule has 1 heteroatoms. The summed E-state index contributed by atoms with van der Waals surface area (Å²) in [4.78, 5) is 0. The van der Waals surface area contributed by atoms with Crippen LogP contribution in [0.4, 0.5) is 0 Å². The zero-order chi connectivity index (χ0) is 17.2. The van der Waals surface area contributed by atoms with Crippen LogP contribution < -0.4 is 0 Å². The maximum Gasteiger partial charge on any atom is 0.0471 e. The molecule has 0 radical (unpaired) electrons. The average Bonchev–Trinajstić information content (AvgIpc) is 2.54. The summed E-state index contributed by atoms with van der Waals surface area (Å²) < 4.78 is 0. The van der Waals surface area contributed by atoms with E-state index in [1.807, 2.05) is 0 Å². The quantitative estimate of drug-likeness (QED) is 0.172. The molecule has 0 fully saturated rings. The summed E-state index contributed by atoms with van der Waals surface area (Å²) in [6.07, 6.45) is 23.7. The van der Waals surface area contributed by atoms with Crippen LogP contribution in [0.25, 0.3) is 0 Å². The summed E-state index contributed by atoms with van der Waals surface area (Å²) in [6.45, 7) is 9.80. The van der Waals surface area contributed by atoms with Gasteiger partial charge < -0.3 is 0 Å². The molecule has 0 spiro atoms. The number of rotatable bonds is 18. The smallest absolute Gasteiger partial charge is 0.0471 e. The third kappa shape index (κ3) is 18.4. The molecule has 0 aliphatic rings. The molecule has 0 aromatic heterocycles. The molecule has 23 heavy (non-hydrogen) atoms. The van der Waals surface area contributed by atoms with Gasteiger partial charge in [0.15, 0.2) is 0 Å². The van der Waals surface area contributed by atoms with Gasteiger partial charge in [0.1, 0.15) is 0 Å². The summed E-state index contributed by atoms with van der Waals surface area (Å²) >= 11 is 0. The predicted molar refractivity (Wildman–Crippen MR) is 112 cm³/mol. The van der Waals surface area contributed by atoms with Crippen molar-refractivity contribution >= 4 is 8.07 Å². The van der Waals surface area contributed by atoms with E-state index in [9.17, 15) is 0 Å². The lowest BCUT2D eigenvalue weighted by atomic mass is 10.0. The molecular formula is C22H48Si. The molecule has 0 bridgehead atoms. The molecule has 0 aliphatic heterocycles. The van der Waals surface area contributed by atoms with Crippen LogP contribution in [0.1, 0.15) is 117 Å². The van der Waals surface area contributed by atoms with E-state index >= 15 is 0 Å². The molecule has 0 rings (SSSR count). The summed E-state index contributed by atoms with van der Waals surface area (Å²) in [5, 5.41) is 0. The van der Waals surface area contributed by atoms with Gasteiger partial charge in [-0.05, 0) is 0 Å². The molecule has 0 atom stereocenters. The second kappa shape index (κ2) is 17.1. The SMILES string of the molecule is CCCCCCCCCCCCCCCCCC[Si](C)(C)CC. The highest BCUT2D eigenvalue weighted by atomic mass is 28.3. The zero-order valence-corrected chi connectivity index (χ0v) is 18.2. The van der Waals surface area contributed by atoms with Crippen molar-refractivity contribution in [2.45, 2.75) is 142 Å². The monoisotopic (exact) mass is 340 g/mol. The van der Waals surface area contributed by atoms with Crippen LogP contribution in [0, 0.1) is 0 Å². The first-order chi connectivity index (χ1) is 11.1. The molecule has 0 heterocycles. The maximum atomic E-state index is 2.55. The van der Waals surface area contributed by atoms with Crippen molar-refractivity contribution in [3.8, 4) is 0 Å². The van der Waals surface area contributed by atoms with Crippen LogP contribution in [-0.2, 0) is 0 Å². The Kier molecular flexibility index (Phi) is 17.2. The Balaban J connectivity index is 3.05. The van der Waals surface area contributed by atoms with Crippen molar-refractivity contribution in [2.75, 3.05) is 0 Å². The van der Waals surface area contributed by atoms with Gasteiger partial charge in [0.2, 0.25) is 0 Å². The number of unbranched alkanes of at least 4 members (excludes halogenated alkanes) is 15. The van der Waals surface area contributed by atoms with E-state index in [-0.39, 0.29) is 0 Å². The predicted octanol–water partition coefficient (Wildman–Crippen LogP) is 8.98. The Labute approximate surface area is 150 Å². The maximum absolute atomic E-state index is 2.55. The lowest BCUT2D eigenvalue weighted by Gasteiger charge is -2.19. The van der Waals surface area contributed by atoms with Gasteiger partial charge in [0, 0.05) is 8.07 Å². The molecule has 0 saturated heterocycles. The normalized spacial score (nSPS) is 12.0. The van der Waals surface area contributed by atoms with Crippen molar-refractivity contribution in [2.24, 2.45) is 0 Å². The highest BCUT2D eigenvalue weighted by molar-refractivity contribution is 6.77. The number of hydrogen-bond donors (Lipinski definition) is 0. The van der Waals surface area contributed by atoms with Crippen molar-refractivity contribution in [3.63, 3.8) is 0 Å². The average molecular weight is 341 g/mol. The summed E-state index contributed by atoms with van der Waals surface area (Å²) in [5.74, 6) is 0. The summed E-state index contributed by atoms with van der Waals surface area (Å²) in [7, 11) is -0.784. The van der Waals surface area contributed by atoms with Crippen molar-refractivity contribution < 1.29 is 0 Å². The van der Waals surface area contributed by atoms with Crippen LogP contribution in [-0.4, -0.2) is 8.07 Å². The Morgan fingerprint density at radius 2 is 0.739 bits per heavy atom. The highest BCUT2D eigenvalue weighted by Crippen LogP contribution is 2.19. The van der Waals surface area contributed by atoms with E-state index in [0.717, 1.165) is 0 Å². The minimum absolute atomic E-state index is 0.784. The van der Waals surface area contributed by atoms with E-state index in [1.165, 1.54) is 109 Å². The van der Waals surface area contributed by atoms with Gasteiger partial charge in [0.25, 0.3) is 0 Å². The minimum atomic E-state index is -0.784. The molecule has 140 valence electrons. The number of hydrogen-bond acceptors (Lipinski definition) is 0. The molecule has 0 nitrogen and oxygen atoms in total. The molecule has 0 aromatic rings. The highest BCUT2D eigenvalue weighted by Gasteiger charge is 2.16. The fourth-order valence-corrected chi connectivity index (χ4v) is 4.89. The summed E-state index contributed by atoms with van der Waals surface area (Å²) in [6, 6.07) is 3.02. The van der Waals surface area contributed by atoms with E-state index in [0.29, 0.717) is 0 Å². The fraction of sp³-hybridized carbons (Fsp3) is 1.00. The molecule has 0 aliphatic carbocycles. The molecule has 0 N–H and O–H groups in total. The van der Waals surface area contributed by atoms with Crippen LogP contribution in [0.15, 0.2) is 0 Å².